The lowest BCUT2D eigenvalue weighted by molar-refractivity contribution is 0.426. The molecule has 6 aromatic rings. The highest BCUT2D eigenvalue weighted by molar-refractivity contribution is 6.91. The predicted molar refractivity (Wildman–Crippen MR) is 233 cm³/mol. The first kappa shape index (κ1) is 34.2. The smallest absolute Gasteiger partial charge is 0.227 e. The Balaban J connectivity index is 1.38. The minimum absolute atomic E-state index is 0.00422. The number of hydrogen-bond donors (Lipinski definition) is 0. The molecule has 0 aromatic heterocycles. The summed E-state index contributed by atoms with van der Waals surface area (Å²) >= 11 is 0. The van der Waals surface area contributed by atoms with Gasteiger partial charge < -0.3 is 9.80 Å². The normalized spacial score (nSPS) is 17.6. The number of nitrogens with zero attached hydrogens (tertiary/aromatic N) is 2. The molecule has 0 spiro atoms. The topological polar surface area (TPSA) is 6.48 Å². The Hall–Kier alpha value is -5.54. The Morgan fingerprint density at radius 1 is 0.481 bits per heavy atom. The summed E-state index contributed by atoms with van der Waals surface area (Å²) in [7, 11) is 0. The Kier molecular flexibility index (Phi) is 8.12. The summed E-state index contributed by atoms with van der Waals surface area (Å²) in [5, 5.41) is 0. The fourth-order valence-electron chi connectivity index (χ4n) is 9.61. The molecule has 0 bridgehead atoms. The minimum Gasteiger partial charge on any atom is -0.314 e. The van der Waals surface area contributed by atoms with Crippen molar-refractivity contribution in [3.05, 3.63) is 175 Å². The van der Waals surface area contributed by atoms with E-state index in [1.165, 1.54) is 78.4 Å². The number of benzene rings is 6. The molecule has 2 heterocycles. The molecule has 0 N–H and O–H groups in total. The zero-order valence-electron chi connectivity index (χ0n) is 32.6. The average Bonchev–Trinajstić information content (AvgIpc) is 3.17. The van der Waals surface area contributed by atoms with Gasteiger partial charge in [0.15, 0.2) is 0 Å². The molecule has 0 saturated heterocycles. The lowest BCUT2D eigenvalue weighted by atomic mass is 9.27. The number of para-hydroxylation sites is 2. The van der Waals surface area contributed by atoms with E-state index in [-0.39, 0.29) is 23.4 Å². The van der Waals surface area contributed by atoms with Crippen molar-refractivity contribution in [2.24, 2.45) is 11.3 Å². The number of allylic oxidation sites excluding steroid dienone is 4. The molecule has 3 aliphatic rings. The largest absolute Gasteiger partial charge is 0.314 e. The van der Waals surface area contributed by atoms with Crippen LogP contribution in [0, 0.1) is 11.3 Å². The molecule has 2 nitrogen and oxygen atoms in total. The van der Waals surface area contributed by atoms with Gasteiger partial charge in [0.25, 0.3) is 0 Å². The number of fused-ring (bicyclic) bond motifs is 4. The maximum Gasteiger partial charge on any atom is 0.227 e. The molecular formula is C51H49BN2. The molecular weight excluding hydrogens is 651 g/mol. The van der Waals surface area contributed by atoms with Crippen LogP contribution >= 0.6 is 0 Å². The van der Waals surface area contributed by atoms with Crippen molar-refractivity contribution in [3.63, 3.8) is 0 Å². The summed E-state index contributed by atoms with van der Waals surface area (Å²) in [5.74, 6) is 0.541. The summed E-state index contributed by atoms with van der Waals surface area (Å²) in [6, 6.07) is 54.1. The van der Waals surface area contributed by atoms with Crippen LogP contribution in [0.25, 0.3) is 22.3 Å². The van der Waals surface area contributed by atoms with E-state index in [4.69, 9.17) is 0 Å². The van der Waals surface area contributed by atoms with Crippen LogP contribution < -0.4 is 20.7 Å². The van der Waals surface area contributed by atoms with Gasteiger partial charge in [0.2, 0.25) is 6.71 Å². The molecule has 2 atom stereocenters. The molecule has 0 fully saturated rings. The SMILES string of the molecule is CC1C(C(C)(C)C)=CC=C2C1B1c3cc(C(C)(C)C)ccc3N(c3ccccc3-c3ccccc3)c3cccc(c31)N2c1ccccc1-c1ccccc1. The summed E-state index contributed by atoms with van der Waals surface area (Å²) in [6.07, 6.45) is 4.91. The number of rotatable bonds is 4. The average molecular weight is 701 g/mol. The maximum absolute atomic E-state index is 2.62. The second kappa shape index (κ2) is 12.8. The molecule has 1 aliphatic carbocycles. The molecule has 0 radical (unpaired) electrons. The van der Waals surface area contributed by atoms with Crippen molar-refractivity contribution < 1.29 is 0 Å². The van der Waals surface area contributed by atoms with Gasteiger partial charge in [-0.1, -0.05) is 175 Å². The molecule has 2 aliphatic heterocycles. The minimum atomic E-state index is 0.00422. The first-order valence-electron chi connectivity index (χ1n) is 19.6. The van der Waals surface area contributed by atoms with Gasteiger partial charge in [0, 0.05) is 33.9 Å². The monoisotopic (exact) mass is 700 g/mol. The summed E-state index contributed by atoms with van der Waals surface area (Å²) in [5.41, 5.74) is 18.3. The van der Waals surface area contributed by atoms with Crippen molar-refractivity contribution in [1.82, 2.24) is 0 Å². The van der Waals surface area contributed by atoms with Crippen LogP contribution in [-0.4, -0.2) is 6.71 Å². The fourth-order valence-corrected chi connectivity index (χ4v) is 9.61. The van der Waals surface area contributed by atoms with Gasteiger partial charge in [-0.05, 0) is 86.6 Å². The van der Waals surface area contributed by atoms with Crippen molar-refractivity contribution in [3.8, 4) is 22.3 Å². The lowest BCUT2D eigenvalue weighted by Crippen LogP contribution is -2.60. The van der Waals surface area contributed by atoms with Crippen LogP contribution in [0.2, 0.25) is 5.82 Å². The van der Waals surface area contributed by atoms with Crippen molar-refractivity contribution in [2.75, 3.05) is 9.80 Å². The van der Waals surface area contributed by atoms with Crippen LogP contribution in [0.15, 0.2) is 169 Å². The molecule has 266 valence electrons. The molecule has 0 amide bonds. The van der Waals surface area contributed by atoms with Crippen molar-refractivity contribution in [2.45, 2.75) is 59.7 Å². The van der Waals surface area contributed by atoms with Crippen molar-refractivity contribution >= 4 is 46.1 Å². The third-order valence-corrected chi connectivity index (χ3v) is 12.1. The van der Waals surface area contributed by atoms with Crippen LogP contribution in [0.4, 0.5) is 28.4 Å². The second-order valence-electron chi connectivity index (χ2n) is 17.4. The third-order valence-electron chi connectivity index (χ3n) is 12.1. The van der Waals surface area contributed by atoms with E-state index < -0.39 is 0 Å². The Morgan fingerprint density at radius 3 is 1.57 bits per heavy atom. The molecule has 9 rings (SSSR count). The lowest BCUT2D eigenvalue weighted by Gasteiger charge is -2.52. The molecule has 0 saturated carbocycles. The number of anilines is 5. The summed E-state index contributed by atoms with van der Waals surface area (Å²) in [6.45, 7) is 16.8. The highest BCUT2D eigenvalue weighted by Gasteiger charge is 2.51. The van der Waals surface area contributed by atoms with E-state index in [2.05, 4.69) is 216 Å². The van der Waals surface area contributed by atoms with Gasteiger partial charge >= 0.3 is 0 Å². The Morgan fingerprint density at radius 2 is 1.00 bits per heavy atom. The third kappa shape index (κ3) is 5.47. The zero-order valence-corrected chi connectivity index (χ0v) is 32.6. The molecule has 6 aromatic carbocycles. The van der Waals surface area contributed by atoms with Crippen LogP contribution in [-0.2, 0) is 5.41 Å². The molecule has 2 unspecified atom stereocenters. The molecule has 54 heavy (non-hydrogen) atoms. The quantitative estimate of drug-likeness (QED) is 0.169. The first-order chi connectivity index (χ1) is 26.0. The van der Waals surface area contributed by atoms with E-state index in [1.54, 1.807) is 0 Å². The molecule has 3 heteroatoms. The fraction of sp³-hybridized carbons (Fsp3) is 0.216. The Bertz CT molecular complexity index is 2440. The van der Waals surface area contributed by atoms with Crippen molar-refractivity contribution in [1.29, 1.82) is 0 Å². The number of hydrogen-bond acceptors (Lipinski definition) is 2. The van der Waals surface area contributed by atoms with Crippen LogP contribution in [0.1, 0.15) is 54.0 Å². The van der Waals surface area contributed by atoms with Gasteiger partial charge in [-0.3, -0.25) is 0 Å². The van der Waals surface area contributed by atoms with E-state index in [0.717, 1.165) is 0 Å². The van der Waals surface area contributed by atoms with Gasteiger partial charge in [-0.25, -0.2) is 0 Å². The summed E-state index contributed by atoms with van der Waals surface area (Å²) < 4.78 is 0. The standard InChI is InChI=1S/C51H49BN2/c1-34-40(51(5,6)7)30-32-47-48(34)52-41-33-37(50(2,3)4)29-31-44(41)53(42-25-16-14-23-38(42)35-19-10-8-11-20-35)45-27-18-28-46(49(45)52)54(47)43-26-17-15-24-39(43)36-21-12-9-13-22-36/h8-34,48H,1-7H3. The zero-order chi connectivity index (χ0) is 37.4. The first-order valence-corrected chi connectivity index (χ1v) is 19.6. The second-order valence-corrected chi connectivity index (χ2v) is 17.4. The van der Waals surface area contributed by atoms with Crippen LogP contribution in [0.5, 0.6) is 0 Å². The van der Waals surface area contributed by atoms with Gasteiger partial charge in [0.05, 0.1) is 11.4 Å². The van der Waals surface area contributed by atoms with E-state index in [9.17, 15) is 0 Å². The van der Waals surface area contributed by atoms with E-state index in [1.807, 2.05) is 0 Å². The highest BCUT2D eigenvalue weighted by atomic mass is 15.2. The predicted octanol–water partition coefficient (Wildman–Crippen LogP) is 12.7. The van der Waals surface area contributed by atoms with Gasteiger partial charge in [-0.2, -0.15) is 0 Å². The Labute approximate surface area is 322 Å². The summed E-state index contributed by atoms with van der Waals surface area (Å²) in [4.78, 5) is 5.19. The van der Waals surface area contributed by atoms with E-state index >= 15 is 0 Å². The van der Waals surface area contributed by atoms with Gasteiger partial charge in [0.1, 0.15) is 0 Å². The highest BCUT2D eigenvalue weighted by Crippen LogP contribution is 2.55. The van der Waals surface area contributed by atoms with Gasteiger partial charge in [-0.15, -0.1) is 0 Å². The van der Waals surface area contributed by atoms with Crippen LogP contribution in [0.3, 0.4) is 0 Å². The van der Waals surface area contributed by atoms with E-state index in [0.29, 0.717) is 5.92 Å². The maximum atomic E-state index is 2.62.